The van der Waals surface area contributed by atoms with Crippen LogP contribution in [0.4, 0.5) is 0 Å². The molecular weight excluding hydrogens is 280 g/mol. The molecule has 2 saturated heterocycles. The first-order valence-corrected chi connectivity index (χ1v) is 8.61. The number of nitrogens with zero attached hydrogens (tertiary/aromatic N) is 2. The third-order valence-corrected chi connectivity index (χ3v) is 5.73. The fraction of sp³-hybridized carbons (Fsp3) is 0.529. The first-order valence-electron chi connectivity index (χ1n) is 7.79. The van der Waals surface area contributed by atoms with E-state index in [9.17, 15) is 0 Å². The third kappa shape index (κ3) is 2.93. The van der Waals surface area contributed by atoms with E-state index in [1.807, 2.05) is 17.6 Å². The molecule has 3 nitrogen and oxygen atoms in total. The van der Waals surface area contributed by atoms with Crippen LogP contribution in [0.5, 0.6) is 0 Å². The van der Waals surface area contributed by atoms with Crippen molar-refractivity contribution in [3.05, 3.63) is 46.0 Å². The molecule has 0 saturated carbocycles. The van der Waals surface area contributed by atoms with E-state index in [2.05, 4.69) is 34.9 Å². The first-order chi connectivity index (χ1) is 10.3. The summed E-state index contributed by atoms with van der Waals surface area (Å²) in [7, 11) is 0. The SMILES string of the molecule is Cc1ccc(CN2CC3CC2CN(Cc2ccoc2)C3)s1. The van der Waals surface area contributed by atoms with E-state index in [0.29, 0.717) is 0 Å². The van der Waals surface area contributed by atoms with Crippen molar-refractivity contribution in [1.82, 2.24) is 9.80 Å². The molecule has 0 N–H and O–H groups in total. The summed E-state index contributed by atoms with van der Waals surface area (Å²) in [5.74, 6) is 0.844. The fourth-order valence-corrected chi connectivity index (χ4v) is 4.80. The molecule has 2 aliphatic heterocycles. The van der Waals surface area contributed by atoms with Crippen molar-refractivity contribution in [2.24, 2.45) is 5.92 Å². The van der Waals surface area contributed by atoms with Gasteiger partial charge in [0.25, 0.3) is 0 Å². The van der Waals surface area contributed by atoms with Crippen LogP contribution in [-0.2, 0) is 13.1 Å². The van der Waals surface area contributed by atoms with Gasteiger partial charge in [-0.25, -0.2) is 0 Å². The number of hydrogen-bond donors (Lipinski definition) is 0. The molecule has 2 aromatic rings. The predicted molar refractivity (Wildman–Crippen MR) is 85.3 cm³/mol. The lowest BCUT2D eigenvalue weighted by molar-refractivity contribution is 0.153. The Morgan fingerprint density at radius 1 is 1.19 bits per heavy atom. The van der Waals surface area contributed by atoms with Gasteiger partial charge in [-0.2, -0.15) is 0 Å². The smallest absolute Gasteiger partial charge is 0.0947 e. The van der Waals surface area contributed by atoms with Crippen LogP contribution in [0.25, 0.3) is 0 Å². The van der Waals surface area contributed by atoms with Crippen molar-refractivity contribution in [2.75, 3.05) is 19.6 Å². The van der Waals surface area contributed by atoms with Gasteiger partial charge < -0.3 is 4.42 Å². The normalized spacial score (nSPS) is 26.5. The average molecular weight is 302 g/mol. The molecule has 0 aliphatic carbocycles. The van der Waals surface area contributed by atoms with Gasteiger partial charge in [0, 0.05) is 54.1 Å². The van der Waals surface area contributed by atoms with Crippen molar-refractivity contribution in [3.63, 3.8) is 0 Å². The molecule has 2 fully saturated rings. The zero-order valence-corrected chi connectivity index (χ0v) is 13.3. The van der Waals surface area contributed by atoms with Gasteiger partial charge in [-0.1, -0.05) is 0 Å². The van der Waals surface area contributed by atoms with Gasteiger partial charge in [-0.15, -0.1) is 11.3 Å². The number of likely N-dealkylation sites (tertiary alicyclic amines) is 2. The van der Waals surface area contributed by atoms with Crippen LogP contribution in [-0.4, -0.2) is 35.5 Å². The highest BCUT2D eigenvalue weighted by molar-refractivity contribution is 7.11. The highest BCUT2D eigenvalue weighted by atomic mass is 32.1. The predicted octanol–water partition coefficient (Wildman–Crippen LogP) is 3.36. The van der Waals surface area contributed by atoms with E-state index in [1.54, 1.807) is 6.26 Å². The molecule has 0 radical (unpaired) electrons. The number of furan rings is 1. The van der Waals surface area contributed by atoms with Gasteiger partial charge in [-0.3, -0.25) is 9.80 Å². The van der Waals surface area contributed by atoms with Gasteiger partial charge in [0.15, 0.2) is 0 Å². The third-order valence-electron chi connectivity index (χ3n) is 4.74. The molecule has 0 amide bonds. The summed E-state index contributed by atoms with van der Waals surface area (Å²) in [5, 5.41) is 0. The lowest BCUT2D eigenvalue weighted by Gasteiger charge is -2.32. The first kappa shape index (κ1) is 13.6. The summed E-state index contributed by atoms with van der Waals surface area (Å²) in [6, 6.07) is 7.36. The molecule has 4 heterocycles. The second kappa shape index (κ2) is 5.59. The summed E-state index contributed by atoms with van der Waals surface area (Å²) < 4.78 is 5.19. The minimum absolute atomic E-state index is 0.734. The Morgan fingerprint density at radius 2 is 2.14 bits per heavy atom. The van der Waals surface area contributed by atoms with Crippen LogP contribution < -0.4 is 0 Å². The Labute approximate surface area is 130 Å². The Balaban J connectivity index is 1.40. The van der Waals surface area contributed by atoms with Crippen molar-refractivity contribution in [1.29, 1.82) is 0 Å². The second-order valence-corrected chi connectivity index (χ2v) is 7.90. The lowest BCUT2D eigenvalue weighted by atomic mass is 10.00. The average Bonchev–Trinajstić information content (AvgIpc) is 3.14. The molecule has 0 aromatic carbocycles. The van der Waals surface area contributed by atoms with E-state index >= 15 is 0 Å². The van der Waals surface area contributed by atoms with Crippen LogP contribution in [0, 0.1) is 12.8 Å². The fourth-order valence-electron chi connectivity index (χ4n) is 3.88. The zero-order chi connectivity index (χ0) is 14.2. The van der Waals surface area contributed by atoms with Gasteiger partial charge in [-0.05, 0) is 37.5 Å². The largest absolute Gasteiger partial charge is 0.472 e. The van der Waals surface area contributed by atoms with Crippen LogP contribution in [0.2, 0.25) is 0 Å². The van der Waals surface area contributed by atoms with Crippen LogP contribution in [0.1, 0.15) is 21.7 Å². The number of aryl methyl sites for hydroxylation is 1. The van der Waals surface area contributed by atoms with Gasteiger partial charge in [0.2, 0.25) is 0 Å². The minimum atomic E-state index is 0.734. The molecule has 112 valence electrons. The van der Waals surface area contributed by atoms with Crippen LogP contribution in [0.15, 0.2) is 35.1 Å². The lowest BCUT2D eigenvalue weighted by Crippen LogP contribution is -2.41. The molecule has 4 heteroatoms. The summed E-state index contributed by atoms with van der Waals surface area (Å²) >= 11 is 1.95. The van der Waals surface area contributed by atoms with E-state index < -0.39 is 0 Å². The molecule has 2 aromatic heterocycles. The Hall–Kier alpha value is -1.10. The number of piperidine rings is 1. The Kier molecular flexibility index (Phi) is 3.61. The number of thiophene rings is 1. The highest BCUT2D eigenvalue weighted by Crippen LogP contribution is 2.32. The van der Waals surface area contributed by atoms with Crippen molar-refractivity contribution >= 4 is 11.3 Å². The molecule has 21 heavy (non-hydrogen) atoms. The summed E-state index contributed by atoms with van der Waals surface area (Å²) in [6.45, 7) is 8.08. The maximum absolute atomic E-state index is 5.19. The van der Waals surface area contributed by atoms with E-state index in [4.69, 9.17) is 4.42 Å². The molecule has 2 bridgehead atoms. The summed E-state index contributed by atoms with van der Waals surface area (Å²) in [4.78, 5) is 8.24. The Bertz CT molecular complexity index is 592. The van der Waals surface area contributed by atoms with Crippen molar-refractivity contribution < 1.29 is 4.42 Å². The highest BCUT2D eigenvalue weighted by Gasteiger charge is 2.38. The second-order valence-electron chi connectivity index (χ2n) is 6.52. The van der Waals surface area contributed by atoms with Crippen molar-refractivity contribution in [2.45, 2.75) is 32.5 Å². The Morgan fingerprint density at radius 3 is 2.90 bits per heavy atom. The molecule has 0 spiro atoms. The van der Waals surface area contributed by atoms with Gasteiger partial charge in [0.1, 0.15) is 0 Å². The van der Waals surface area contributed by atoms with E-state index in [0.717, 1.165) is 25.0 Å². The molecule has 4 rings (SSSR count). The molecule has 2 unspecified atom stereocenters. The van der Waals surface area contributed by atoms with Crippen LogP contribution in [0.3, 0.4) is 0 Å². The van der Waals surface area contributed by atoms with Crippen molar-refractivity contribution in [3.8, 4) is 0 Å². The molecule has 2 aliphatic rings. The van der Waals surface area contributed by atoms with Gasteiger partial charge >= 0.3 is 0 Å². The number of hydrogen-bond acceptors (Lipinski definition) is 4. The maximum Gasteiger partial charge on any atom is 0.0947 e. The van der Waals surface area contributed by atoms with E-state index in [1.165, 1.54) is 41.4 Å². The quantitative estimate of drug-likeness (QED) is 0.863. The standard InChI is InChI=1S/C17H22N2OS/c1-13-2-3-17(21-13)11-19-9-15-6-16(19)10-18(8-15)7-14-4-5-20-12-14/h2-5,12,15-16H,6-11H2,1H3. The zero-order valence-electron chi connectivity index (χ0n) is 12.5. The summed E-state index contributed by atoms with van der Waals surface area (Å²) in [6.07, 6.45) is 5.04. The molecule has 2 atom stereocenters. The topological polar surface area (TPSA) is 19.6 Å². The van der Waals surface area contributed by atoms with Crippen LogP contribution >= 0.6 is 11.3 Å². The number of fused-ring (bicyclic) bond motifs is 2. The van der Waals surface area contributed by atoms with Gasteiger partial charge in [0.05, 0.1) is 12.5 Å². The number of rotatable bonds is 4. The van der Waals surface area contributed by atoms with E-state index in [-0.39, 0.29) is 0 Å². The minimum Gasteiger partial charge on any atom is -0.472 e. The monoisotopic (exact) mass is 302 g/mol. The maximum atomic E-state index is 5.19. The molecular formula is C17H22N2OS. The summed E-state index contributed by atoms with van der Waals surface area (Å²) in [5.41, 5.74) is 1.30.